The van der Waals surface area contributed by atoms with Crippen molar-refractivity contribution in [1.82, 2.24) is 0 Å². The topological polar surface area (TPSA) is 81.4 Å². The Morgan fingerprint density at radius 3 is 2.62 bits per heavy atom. The largest absolute Gasteiger partial charge is 0.496 e. The molecule has 0 saturated carbocycles. The van der Waals surface area contributed by atoms with Crippen LogP contribution in [0, 0.1) is 0 Å². The predicted molar refractivity (Wildman–Crippen MR) is 60.2 cm³/mol. The summed E-state index contributed by atoms with van der Waals surface area (Å²) in [6.45, 7) is 1.41. The summed E-state index contributed by atoms with van der Waals surface area (Å²) in [6, 6.07) is 5.05. The van der Waals surface area contributed by atoms with Gasteiger partial charge in [0, 0.05) is 18.2 Å². The normalized spacial score (nSPS) is 9.62. The molecule has 1 aromatic rings. The van der Waals surface area contributed by atoms with Gasteiger partial charge in [0.25, 0.3) is 0 Å². The molecule has 2 amide bonds. The molecule has 0 atom stereocenters. The van der Waals surface area contributed by atoms with Crippen molar-refractivity contribution in [2.24, 2.45) is 5.73 Å². The number of primary amides is 1. The zero-order valence-electron chi connectivity index (χ0n) is 9.24. The highest BCUT2D eigenvalue weighted by Crippen LogP contribution is 2.22. The molecule has 1 aromatic carbocycles. The van der Waals surface area contributed by atoms with Crippen LogP contribution >= 0.6 is 0 Å². The highest BCUT2D eigenvalue weighted by molar-refractivity contribution is 5.89. The van der Waals surface area contributed by atoms with Gasteiger partial charge >= 0.3 is 0 Å². The molecule has 1 rings (SSSR count). The van der Waals surface area contributed by atoms with Crippen molar-refractivity contribution in [3.63, 3.8) is 0 Å². The van der Waals surface area contributed by atoms with E-state index in [9.17, 15) is 9.59 Å². The third kappa shape index (κ3) is 3.27. The highest BCUT2D eigenvalue weighted by Gasteiger charge is 2.07. The molecule has 0 radical (unpaired) electrons. The molecule has 0 saturated heterocycles. The maximum Gasteiger partial charge on any atom is 0.221 e. The number of ether oxygens (including phenoxy) is 1. The summed E-state index contributed by atoms with van der Waals surface area (Å²) in [6.07, 6.45) is 0.0800. The summed E-state index contributed by atoms with van der Waals surface area (Å²) < 4.78 is 5.09. The minimum absolute atomic E-state index is 0.0800. The lowest BCUT2D eigenvalue weighted by Crippen LogP contribution is -2.14. The molecule has 0 aliphatic carbocycles. The molecular weight excluding hydrogens is 208 g/mol. The standard InChI is InChI=1S/C11H14N2O3/c1-7(14)13-9-3-4-10(16-2)8(5-9)6-11(12)15/h3-5H,6H2,1-2H3,(H2,12,15)(H,13,14). The van der Waals surface area contributed by atoms with Crippen LogP contribution in [0.4, 0.5) is 5.69 Å². The Kier molecular flexibility index (Phi) is 3.88. The smallest absolute Gasteiger partial charge is 0.221 e. The number of nitrogens with two attached hydrogens (primary N) is 1. The first-order valence-corrected chi connectivity index (χ1v) is 4.75. The van der Waals surface area contributed by atoms with Gasteiger partial charge in [-0.3, -0.25) is 9.59 Å². The summed E-state index contributed by atoms with van der Waals surface area (Å²) in [4.78, 5) is 21.7. The molecule has 0 unspecified atom stereocenters. The van der Waals surface area contributed by atoms with Crippen molar-refractivity contribution in [1.29, 1.82) is 0 Å². The van der Waals surface area contributed by atoms with Crippen LogP contribution in [0.1, 0.15) is 12.5 Å². The molecule has 86 valence electrons. The van der Waals surface area contributed by atoms with E-state index in [2.05, 4.69) is 5.32 Å². The van der Waals surface area contributed by atoms with Crippen molar-refractivity contribution in [2.45, 2.75) is 13.3 Å². The number of nitrogens with one attached hydrogen (secondary N) is 1. The Balaban J connectivity index is 3.00. The molecule has 3 N–H and O–H groups in total. The number of hydrogen-bond acceptors (Lipinski definition) is 3. The number of rotatable bonds is 4. The summed E-state index contributed by atoms with van der Waals surface area (Å²) >= 11 is 0. The van der Waals surface area contributed by atoms with E-state index in [4.69, 9.17) is 10.5 Å². The van der Waals surface area contributed by atoms with E-state index in [1.807, 2.05) is 0 Å². The summed E-state index contributed by atoms with van der Waals surface area (Å²) in [5.74, 6) is -0.0404. The Morgan fingerprint density at radius 1 is 1.44 bits per heavy atom. The van der Waals surface area contributed by atoms with Gasteiger partial charge in [0.1, 0.15) is 5.75 Å². The zero-order valence-corrected chi connectivity index (χ0v) is 9.24. The number of carbonyl (C=O) groups is 2. The number of benzene rings is 1. The number of amides is 2. The lowest BCUT2D eigenvalue weighted by Gasteiger charge is -2.09. The summed E-state index contributed by atoms with van der Waals surface area (Å²) in [5.41, 5.74) is 6.39. The second-order valence-electron chi connectivity index (χ2n) is 3.35. The van der Waals surface area contributed by atoms with Crippen LogP contribution in [0.5, 0.6) is 5.75 Å². The molecule has 0 aliphatic heterocycles. The Labute approximate surface area is 93.6 Å². The van der Waals surface area contributed by atoms with E-state index >= 15 is 0 Å². The first kappa shape index (κ1) is 12.0. The second kappa shape index (κ2) is 5.16. The van der Waals surface area contributed by atoms with Crippen LogP contribution in [-0.4, -0.2) is 18.9 Å². The van der Waals surface area contributed by atoms with E-state index in [0.717, 1.165) is 0 Å². The minimum atomic E-state index is -0.446. The third-order valence-electron chi connectivity index (χ3n) is 1.97. The van der Waals surface area contributed by atoms with Crippen LogP contribution in [0.3, 0.4) is 0 Å². The van der Waals surface area contributed by atoms with Crippen molar-refractivity contribution >= 4 is 17.5 Å². The fourth-order valence-corrected chi connectivity index (χ4v) is 1.39. The van der Waals surface area contributed by atoms with Crippen LogP contribution < -0.4 is 15.8 Å². The summed E-state index contributed by atoms with van der Waals surface area (Å²) in [5, 5.41) is 2.62. The van der Waals surface area contributed by atoms with Gasteiger partial charge in [0.05, 0.1) is 13.5 Å². The van der Waals surface area contributed by atoms with Crippen molar-refractivity contribution in [3.8, 4) is 5.75 Å². The fraction of sp³-hybridized carbons (Fsp3) is 0.273. The first-order valence-electron chi connectivity index (χ1n) is 4.75. The molecule has 0 aromatic heterocycles. The minimum Gasteiger partial charge on any atom is -0.496 e. The first-order chi connectivity index (χ1) is 7.52. The number of anilines is 1. The van der Waals surface area contributed by atoms with Gasteiger partial charge in [-0.1, -0.05) is 0 Å². The molecule has 0 aliphatic rings. The maximum absolute atomic E-state index is 10.9. The van der Waals surface area contributed by atoms with E-state index in [1.165, 1.54) is 14.0 Å². The molecule has 0 bridgehead atoms. The number of methoxy groups -OCH3 is 1. The SMILES string of the molecule is COc1ccc(NC(C)=O)cc1CC(N)=O. The molecular formula is C11H14N2O3. The maximum atomic E-state index is 10.9. The van der Waals surface area contributed by atoms with Crippen molar-refractivity contribution in [3.05, 3.63) is 23.8 Å². The lowest BCUT2D eigenvalue weighted by atomic mass is 10.1. The Morgan fingerprint density at radius 2 is 2.12 bits per heavy atom. The Hall–Kier alpha value is -2.04. The quantitative estimate of drug-likeness (QED) is 0.786. The summed E-state index contributed by atoms with van der Waals surface area (Å²) in [7, 11) is 1.51. The number of carbonyl (C=O) groups excluding carboxylic acids is 2. The van der Waals surface area contributed by atoms with Gasteiger partial charge in [-0.15, -0.1) is 0 Å². The second-order valence-corrected chi connectivity index (χ2v) is 3.35. The molecule has 0 heterocycles. The van der Waals surface area contributed by atoms with E-state index in [1.54, 1.807) is 18.2 Å². The molecule has 5 nitrogen and oxygen atoms in total. The van der Waals surface area contributed by atoms with Crippen LogP contribution in [0.15, 0.2) is 18.2 Å². The van der Waals surface area contributed by atoms with Gasteiger partial charge in [-0.05, 0) is 18.2 Å². The van der Waals surface area contributed by atoms with Crippen LogP contribution in [-0.2, 0) is 16.0 Å². The Bertz CT molecular complexity index is 416. The van der Waals surface area contributed by atoms with Gasteiger partial charge < -0.3 is 15.8 Å². The number of hydrogen-bond donors (Lipinski definition) is 2. The average Bonchev–Trinajstić information content (AvgIpc) is 2.16. The fourth-order valence-electron chi connectivity index (χ4n) is 1.39. The third-order valence-corrected chi connectivity index (χ3v) is 1.97. The van der Waals surface area contributed by atoms with E-state index < -0.39 is 5.91 Å². The average molecular weight is 222 g/mol. The molecule has 5 heteroatoms. The van der Waals surface area contributed by atoms with Crippen molar-refractivity contribution in [2.75, 3.05) is 12.4 Å². The monoisotopic (exact) mass is 222 g/mol. The van der Waals surface area contributed by atoms with E-state index in [0.29, 0.717) is 17.0 Å². The molecule has 0 fully saturated rings. The van der Waals surface area contributed by atoms with Gasteiger partial charge in [-0.25, -0.2) is 0 Å². The van der Waals surface area contributed by atoms with Crippen molar-refractivity contribution < 1.29 is 14.3 Å². The molecule has 16 heavy (non-hydrogen) atoms. The van der Waals surface area contributed by atoms with Crippen LogP contribution in [0.2, 0.25) is 0 Å². The van der Waals surface area contributed by atoms with E-state index in [-0.39, 0.29) is 12.3 Å². The highest BCUT2D eigenvalue weighted by atomic mass is 16.5. The predicted octanol–water partition coefficient (Wildman–Crippen LogP) is 0.681. The zero-order chi connectivity index (χ0) is 12.1. The van der Waals surface area contributed by atoms with Crippen LogP contribution in [0.25, 0.3) is 0 Å². The molecule has 0 spiro atoms. The van der Waals surface area contributed by atoms with Gasteiger partial charge in [0.15, 0.2) is 0 Å². The van der Waals surface area contributed by atoms with Gasteiger partial charge in [-0.2, -0.15) is 0 Å². The van der Waals surface area contributed by atoms with Gasteiger partial charge in [0.2, 0.25) is 11.8 Å². The lowest BCUT2D eigenvalue weighted by molar-refractivity contribution is -0.117.